The van der Waals surface area contributed by atoms with Gasteiger partial charge in [-0.15, -0.1) is 11.3 Å². The molecule has 0 saturated carbocycles. The summed E-state index contributed by atoms with van der Waals surface area (Å²) in [4.78, 5) is 4.23. The van der Waals surface area contributed by atoms with E-state index in [1.165, 1.54) is 29.5 Å². The van der Waals surface area contributed by atoms with Crippen LogP contribution in [0.25, 0.3) is 20.8 Å². The fourth-order valence-electron chi connectivity index (χ4n) is 1.72. The van der Waals surface area contributed by atoms with E-state index in [4.69, 9.17) is 5.73 Å². The number of hydrogen-bond acceptors (Lipinski definition) is 3. The van der Waals surface area contributed by atoms with Crippen LogP contribution in [-0.4, -0.2) is 4.98 Å². The number of hydrogen-bond donors (Lipinski definition) is 1. The molecule has 2 nitrogen and oxygen atoms in total. The van der Waals surface area contributed by atoms with Crippen LogP contribution in [0.4, 0.5) is 14.5 Å². The number of halogens is 2. The van der Waals surface area contributed by atoms with Crippen molar-refractivity contribution in [2.45, 2.75) is 0 Å². The zero-order valence-corrected chi connectivity index (χ0v) is 9.97. The molecule has 0 spiro atoms. The number of thiazole rings is 1. The minimum absolute atomic E-state index is 0.350. The summed E-state index contributed by atoms with van der Waals surface area (Å²) in [5, 5.41) is 0.521. The molecule has 0 aliphatic heterocycles. The molecule has 0 aliphatic carbocycles. The predicted molar refractivity (Wildman–Crippen MR) is 69.4 cm³/mol. The molecule has 0 saturated heterocycles. The van der Waals surface area contributed by atoms with Gasteiger partial charge in [-0.2, -0.15) is 0 Å². The summed E-state index contributed by atoms with van der Waals surface area (Å²) in [6.45, 7) is 0. The second-order valence-corrected chi connectivity index (χ2v) is 4.90. The second-order valence-electron chi connectivity index (χ2n) is 3.87. The average Bonchev–Trinajstić information content (AvgIpc) is 2.71. The van der Waals surface area contributed by atoms with Gasteiger partial charge in [-0.1, -0.05) is 0 Å². The number of fused-ring (bicyclic) bond motifs is 1. The van der Waals surface area contributed by atoms with Crippen LogP contribution in [0.5, 0.6) is 0 Å². The quantitative estimate of drug-likeness (QED) is 0.677. The lowest BCUT2D eigenvalue weighted by molar-refractivity contribution is 0.629. The fraction of sp³-hybridized carbons (Fsp3) is 0. The van der Waals surface area contributed by atoms with Crippen LogP contribution in [0, 0.1) is 11.6 Å². The summed E-state index contributed by atoms with van der Waals surface area (Å²) in [6.07, 6.45) is 0. The van der Waals surface area contributed by atoms with Crippen molar-refractivity contribution in [2.75, 3.05) is 5.73 Å². The maximum atomic E-state index is 13.8. The number of nitrogens with zero attached hydrogens (tertiary/aromatic N) is 1. The summed E-state index contributed by atoms with van der Waals surface area (Å²) < 4.78 is 27.6. The number of nitrogens with two attached hydrogens (primary N) is 1. The molecule has 0 unspecified atom stereocenters. The SMILES string of the molecule is Nc1ccc(-c2nc3cc(F)ccc3s2)c(F)c1. The van der Waals surface area contributed by atoms with Crippen molar-refractivity contribution < 1.29 is 8.78 Å². The van der Waals surface area contributed by atoms with Crippen molar-refractivity contribution in [1.29, 1.82) is 0 Å². The monoisotopic (exact) mass is 262 g/mol. The van der Waals surface area contributed by atoms with Gasteiger partial charge in [0.2, 0.25) is 0 Å². The van der Waals surface area contributed by atoms with Gasteiger partial charge in [0.25, 0.3) is 0 Å². The van der Waals surface area contributed by atoms with Gasteiger partial charge in [0.05, 0.1) is 10.2 Å². The van der Waals surface area contributed by atoms with Gasteiger partial charge in [0.15, 0.2) is 0 Å². The van der Waals surface area contributed by atoms with Crippen LogP contribution in [0.1, 0.15) is 0 Å². The first-order valence-corrected chi connectivity index (χ1v) is 6.06. The number of nitrogen functional groups attached to an aromatic ring is 1. The maximum Gasteiger partial charge on any atom is 0.135 e. The van der Waals surface area contributed by atoms with Gasteiger partial charge >= 0.3 is 0 Å². The summed E-state index contributed by atoms with van der Waals surface area (Å²) in [5.74, 6) is -0.772. The normalized spacial score (nSPS) is 11.0. The van der Waals surface area contributed by atoms with Crippen molar-refractivity contribution in [1.82, 2.24) is 4.98 Å². The van der Waals surface area contributed by atoms with E-state index in [0.29, 0.717) is 21.8 Å². The molecule has 0 atom stereocenters. The molecule has 0 aliphatic rings. The van der Waals surface area contributed by atoms with Crippen molar-refractivity contribution in [2.24, 2.45) is 0 Å². The molecule has 90 valence electrons. The van der Waals surface area contributed by atoms with E-state index >= 15 is 0 Å². The Morgan fingerprint density at radius 1 is 1.06 bits per heavy atom. The standard InChI is InChI=1S/C13H8F2N2S/c14-7-1-4-12-11(5-7)17-13(18-12)9-3-2-8(16)6-10(9)15/h1-6H,16H2. The van der Waals surface area contributed by atoms with E-state index in [2.05, 4.69) is 4.98 Å². The molecule has 5 heteroatoms. The lowest BCUT2D eigenvalue weighted by atomic mass is 10.2. The van der Waals surface area contributed by atoms with Crippen LogP contribution in [0.3, 0.4) is 0 Å². The highest BCUT2D eigenvalue weighted by Crippen LogP contribution is 2.32. The topological polar surface area (TPSA) is 38.9 Å². The molecule has 1 heterocycles. The smallest absolute Gasteiger partial charge is 0.135 e. The molecular formula is C13H8F2N2S. The van der Waals surface area contributed by atoms with Crippen LogP contribution >= 0.6 is 11.3 Å². The van der Waals surface area contributed by atoms with Crippen molar-refractivity contribution in [3.05, 3.63) is 48.0 Å². The molecule has 18 heavy (non-hydrogen) atoms. The number of aromatic nitrogens is 1. The highest BCUT2D eigenvalue weighted by atomic mass is 32.1. The summed E-state index contributed by atoms with van der Waals surface area (Å²) in [6, 6.07) is 8.79. The zero-order chi connectivity index (χ0) is 12.7. The molecule has 0 fully saturated rings. The Morgan fingerprint density at radius 2 is 1.89 bits per heavy atom. The van der Waals surface area contributed by atoms with E-state index < -0.39 is 5.82 Å². The first kappa shape index (κ1) is 11.1. The van der Waals surface area contributed by atoms with Crippen molar-refractivity contribution in [3.63, 3.8) is 0 Å². The third-order valence-electron chi connectivity index (χ3n) is 2.57. The number of anilines is 1. The summed E-state index contributed by atoms with van der Waals surface area (Å²) >= 11 is 1.32. The van der Waals surface area contributed by atoms with E-state index in [9.17, 15) is 8.78 Å². The summed E-state index contributed by atoms with van der Waals surface area (Å²) in [5.41, 5.74) is 6.77. The number of benzene rings is 2. The summed E-state index contributed by atoms with van der Waals surface area (Å²) in [7, 11) is 0. The lowest BCUT2D eigenvalue weighted by Gasteiger charge is -1.99. The molecule has 2 aromatic carbocycles. The second kappa shape index (κ2) is 4.03. The van der Waals surface area contributed by atoms with Gasteiger partial charge in [0.1, 0.15) is 16.6 Å². The van der Waals surface area contributed by atoms with Gasteiger partial charge in [-0.3, -0.25) is 0 Å². The molecule has 3 aromatic rings. The first-order valence-electron chi connectivity index (χ1n) is 5.25. The minimum Gasteiger partial charge on any atom is -0.399 e. The molecule has 1 aromatic heterocycles. The van der Waals surface area contributed by atoms with Gasteiger partial charge in [-0.25, -0.2) is 13.8 Å². The van der Waals surface area contributed by atoms with E-state index in [0.717, 1.165) is 4.70 Å². The third kappa shape index (κ3) is 1.82. The van der Waals surface area contributed by atoms with Crippen molar-refractivity contribution >= 4 is 27.2 Å². The molecular weight excluding hydrogens is 254 g/mol. The molecule has 0 amide bonds. The third-order valence-corrected chi connectivity index (χ3v) is 3.64. The van der Waals surface area contributed by atoms with Crippen LogP contribution in [0.15, 0.2) is 36.4 Å². The first-order chi connectivity index (χ1) is 8.63. The van der Waals surface area contributed by atoms with Crippen LogP contribution in [-0.2, 0) is 0 Å². The fourth-order valence-corrected chi connectivity index (χ4v) is 2.69. The Hall–Kier alpha value is -2.01. The predicted octanol–water partition coefficient (Wildman–Crippen LogP) is 3.82. The van der Waals surface area contributed by atoms with Gasteiger partial charge < -0.3 is 5.73 Å². The van der Waals surface area contributed by atoms with E-state index in [1.54, 1.807) is 18.2 Å². The maximum absolute atomic E-state index is 13.8. The number of rotatable bonds is 1. The molecule has 0 bridgehead atoms. The Balaban J connectivity index is 2.19. The Bertz CT molecular complexity index is 737. The largest absolute Gasteiger partial charge is 0.399 e. The highest BCUT2D eigenvalue weighted by molar-refractivity contribution is 7.21. The lowest BCUT2D eigenvalue weighted by Crippen LogP contribution is -1.88. The van der Waals surface area contributed by atoms with E-state index in [1.807, 2.05) is 0 Å². The van der Waals surface area contributed by atoms with Crippen LogP contribution in [0.2, 0.25) is 0 Å². The van der Waals surface area contributed by atoms with Gasteiger partial charge in [-0.05, 0) is 30.3 Å². The Morgan fingerprint density at radius 3 is 2.67 bits per heavy atom. The zero-order valence-electron chi connectivity index (χ0n) is 9.15. The molecule has 0 radical (unpaired) electrons. The van der Waals surface area contributed by atoms with Crippen molar-refractivity contribution in [3.8, 4) is 10.6 Å². The molecule has 3 rings (SSSR count). The van der Waals surface area contributed by atoms with Gasteiger partial charge in [0, 0.05) is 17.3 Å². The van der Waals surface area contributed by atoms with E-state index in [-0.39, 0.29) is 5.82 Å². The Kier molecular flexibility index (Phi) is 2.48. The minimum atomic E-state index is -0.422. The molecule has 2 N–H and O–H groups in total. The van der Waals surface area contributed by atoms with Crippen LogP contribution < -0.4 is 5.73 Å². The Labute approximate surface area is 106 Å². The average molecular weight is 262 g/mol. The highest BCUT2D eigenvalue weighted by Gasteiger charge is 2.11.